The number of rotatable bonds is 1. The van der Waals surface area contributed by atoms with Gasteiger partial charge in [-0.15, -0.1) is 0 Å². The molecule has 0 unspecified atom stereocenters. The van der Waals surface area contributed by atoms with Crippen LogP contribution in [0.25, 0.3) is 0 Å². The van der Waals surface area contributed by atoms with Crippen molar-refractivity contribution in [1.29, 1.82) is 0 Å². The molecule has 1 aromatic rings. The minimum Gasteiger partial charge on any atom is -0.365 e. The molecule has 0 fully saturated rings. The van der Waals surface area contributed by atoms with Crippen LogP contribution in [0.1, 0.15) is 10.4 Å². The van der Waals surface area contributed by atoms with Crippen LogP contribution in [-0.2, 0) is 0 Å². The van der Waals surface area contributed by atoms with Gasteiger partial charge in [-0.25, -0.2) is 4.98 Å². The Bertz CT molecular complexity index is 280. The van der Waals surface area contributed by atoms with Crippen molar-refractivity contribution in [2.75, 3.05) is 0 Å². The van der Waals surface area contributed by atoms with Crippen LogP contribution in [0.3, 0.4) is 0 Å². The summed E-state index contributed by atoms with van der Waals surface area (Å²) in [4.78, 5) is 14.3. The van der Waals surface area contributed by atoms with E-state index in [4.69, 9.17) is 28.9 Å². The third kappa shape index (κ3) is 1.61. The van der Waals surface area contributed by atoms with Gasteiger partial charge >= 0.3 is 0 Å². The molecule has 3 nitrogen and oxygen atoms in total. The van der Waals surface area contributed by atoms with E-state index in [1.807, 2.05) is 0 Å². The van der Waals surface area contributed by atoms with Crippen LogP contribution in [0.5, 0.6) is 0 Å². The van der Waals surface area contributed by atoms with Crippen molar-refractivity contribution in [3.8, 4) is 0 Å². The summed E-state index contributed by atoms with van der Waals surface area (Å²) in [6, 6.07) is 1.45. The topological polar surface area (TPSA) is 56.0 Å². The Morgan fingerprint density at radius 2 is 2.18 bits per heavy atom. The number of amides is 1. The van der Waals surface area contributed by atoms with Crippen LogP contribution in [-0.4, -0.2) is 10.9 Å². The smallest absolute Gasteiger partial charge is 0.253 e. The van der Waals surface area contributed by atoms with Crippen LogP contribution in [0, 0.1) is 0 Å². The lowest BCUT2D eigenvalue weighted by Gasteiger charge is -1.99. The fourth-order valence-electron chi connectivity index (χ4n) is 0.634. The summed E-state index contributed by atoms with van der Waals surface area (Å²) in [5, 5.41) is 0.252. The number of nitrogens with two attached hydrogens (primary N) is 1. The predicted octanol–water partition coefficient (Wildman–Crippen LogP) is 1.49. The van der Waals surface area contributed by atoms with Crippen molar-refractivity contribution in [3.63, 3.8) is 0 Å². The zero-order valence-electron chi connectivity index (χ0n) is 5.34. The summed E-state index contributed by atoms with van der Waals surface area (Å²) in [5.41, 5.74) is 5.03. The van der Waals surface area contributed by atoms with Gasteiger partial charge in [-0.05, 0) is 6.07 Å². The number of nitrogens with zero attached hydrogens (tertiary/aromatic N) is 1. The normalized spacial score (nSPS) is 9.64. The molecule has 0 aliphatic heterocycles. The number of primary amides is 1. The van der Waals surface area contributed by atoms with Gasteiger partial charge in [0.1, 0.15) is 5.15 Å². The fourth-order valence-corrected chi connectivity index (χ4v) is 1.17. The SMILES string of the molecule is NC(=O)c1c(Cl)ccnc1Cl. The second kappa shape index (κ2) is 3.07. The van der Waals surface area contributed by atoms with E-state index in [0.717, 1.165) is 0 Å². The van der Waals surface area contributed by atoms with Gasteiger partial charge in [0, 0.05) is 6.20 Å². The Balaban J connectivity index is 3.32. The first kappa shape index (κ1) is 8.30. The molecule has 0 aromatic carbocycles. The van der Waals surface area contributed by atoms with Gasteiger partial charge in [-0.2, -0.15) is 0 Å². The van der Waals surface area contributed by atoms with E-state index in [1.54, 1.807) is 0 Å². The Labute approximate surface area is 73.1 Å². The predicted molar refractivity (Wildman–Crippen MR) is 42.8 cm³/mol. The maximum Gasteiger partial charge on any atom is 0.253 e. The van der Waals surface area contributed by atoms with Crippen molar-refractivity contribution in [1.82, 2.24) is 4.98 Å². The third-order valence-electron chi connectivity index (χ3n) is 1.10. The van der Waals surface area contributed by atoms with Crippen LogP contribution >= 0.6 is 23.2 Å². The Kier molecular flexibility index (Phi) is 2.31. The molecule has 0 saturated heterocycles. The van der Waals surface area contributed by atoms with Gasteiger partial charge < -0.3 is 5.73 Å². The summed E-state index contributed by atoms with van der Waals surface area (Å²) >= 11 is 11.1. The Hall–Kier alpha value is -0.800. The highest BCUT2D eigenvalue weighted by atomic mass is 35.5. The van der Waals surface area contributed by atoms with Crippen LogP contribution in [0.2, 0.25) is 10.2 Å². The van der Waals surface area contributed by atoms with Gasteiger partial charge in [0.2, 0.25) is 0 Å². The van der Waals surface area contributed by atoms with Gasteiger partial charge in [0.25, 0.3) is 5.91 Å². The zero-order valence-corrected chi connectivity index (χ0v) is 6.86. The number of halogens is 2. The molecule has 11 heavy (non-hydrogen) atoms. The lowest BCUT2D eigenvalue weighted by Crippen LogP contribution is -2.12. The van der Waals surface area contributed by atoms with E-state index in [9.17, 15) is 4.79 Å². The molecule has 0 atom stereocenters. The van der Waals surface area contributed by atoms with Gasteiger partial charge in [-0.1, -0.05) is 23.2 Å². The van der Waals surface area contributed by atoms with E-state index < -0.39 is 5.91 Å². The molecule has 0 spiro atoms. The molecule has 0 saturated carbocycles. The molecule has 0 aliphatic carbocycles. The number of carbonyl (C=O) groups is 1. The van der Waals surface area contributed by atoms with Crippen molar-refractivity contribution >= 4 is 29.1 Å². The average molecular weight is 191 g/mol. The molecular weight excluding hydrogens is 187 g/mol. The standard InChI is InChI=1S/C6H4Cl2N2O/c7-3-1-2-10-5(8)4(3)6(9)11/h1-2H,(H2,9,11). The van der Waals surface area contributed by atoms with Crippen molar-refractivity contribution in [2.45, 2.75) is 0 Å². The molecule has 5 heteroatoms. The van der Waals surface area contributed by atoms with E-state index in [1.165, 1.54) is 12.3 Å². The number of pyridine rings is 1. The van der Waals surface area contributed by atoms with Crippen LogP contribution in [0.15, 0.2) is 12.3 Å². The fraction of sp³-hybridized carbons (Fsp3) is 0. The largest absolute Gasteiger partial charge is 0.365 e. The second-order valence-electron chi connectivity index (χ2n) is 1.82. The quantitative estimate of drug-likeness (QED) is 0.683. The minimum absolute atomic E-state index is 0.0324. The first-order valence-corrected chi connectivity index (χ1v) is 3.48. The van der Waals surface area contributed by atoms with Crippen molar-refractivity contribution < 1.29 is 4.79 Å². The number of hydrogen-bond acceptors (Lipinski definition) is 2. The van der Waals surface area contributed by atoms with Gasteiger partial charge in [-0.3, -0.25) is 4.79 Å². The summed E-state index contributed by atoms with van der Waals surface area (Å²) in [6.07, 6.45) is 1.40. The number of aromatic nitrogens is 1. The first-order valence-electron chi connectivity index (χ1n) is 2.72. The molecule has 1 rings (SSSR count). The number of carbonyl (C=O) groups excluding carboxylic acids is 1. The molecule has 1 amide bonds. The summed E-state index contributed by atoms with van der Waals surface area (Å²) < 4.78 is 0. The summed E-state index contributed by atoms with van der Waals surface area (Å²) in [6.45, 7) is 0. The molecule has 2 N–H and O–H groups in total. The van der Waals surface area contributed by atoms with Crippen LogP contribution < -0.4 is 5.73 Å². The lowest BCUT2D eigenvalue weighted by atomic mass is 10.3. The second-order valence-corrected chi connectivity index (χ2v) is 2.59. The maximum atomic E-state index is 10.7. The van der Waals surface area contributed by atoms with Gasteiger partial charge in [0.15, 0.2) is 0 Å². The summed E-state index contributed by atoms with van der Waals surface area (Å²) in [5.74, 6) is -0.673. The van der Waals surface area contributed by atoms with E-state index in [2.05, 4.69) is 4.98 Å². The van der Waals surface area contributed by atoms with Crippen LogP contribution in [0.4, 0.5) is 0 Å². The molecule has 1 aromatic heterocycles. The van der Waals surface area contributed by atoms with E-state index >= 15 is 0 Å². The van der Waals surface area contributed by atoms with Gasteiger partial charge in [0.05, 0.1) is 10.6 Å². The molecule has 58 valence electrons. The first-order chi connectivity index (χ1) is 5.13. The highest BCUT2D eigenvalue weighted by Crippen LogP contribution is 2.20. The minimum atomic E-state index is -0.673. The average Bonchev–Trinajstić information content (AvgIpc) is 1.85. The molecule has 0 aliphatic rings. The Morgan fingerprint density at radius 3 is 2.55 bits per heavy atom. The lowest BCUT2D eigenvalue weighted by molar-refractivity contribution is 0.100. The van der Waals surface area contributed by atoms with E-state index in [-0.39, 0.29) is 15.7 Å². The summed E-state index contributed by atoms with van der Waals surface area (Å²) in [7, 11) is 0. The van der Waals surface area contributed by atoms with Crippen molar-refractivity contribution in [3.05, 3.63) is 28.0 Å². The highest BCUT2D eigenvalue weighted by Gasteiger charge is 2.11. The molecular formula is C6H4Cl2N2O. The maximum absolute atomic E-state index is 10.7. The third-order valence-corrected chi connectivity index (χ3v) is 1.70. The van der Waals surface area contributed by atoms with E-state index in [0.29, 0.717) is 0 Å². The molecule has 0 bridgehead atoms. The molecule has 0 radical (unpaired) electrons. The highest BCUT2D eigenvalue weighted by molar-refractivity contribution is 6.38. The molecule has 1 heterocycles. The Morgan fingerprint density at radius 1 is 1.55 bits per heavy atom. The number of hydrogen-bond donors (Lipinski definition) is 1. The zero-order chi connectivity index (χ0) is 8.43. The van der Waals surface area contributed by atoms with Crippen molar-refractivity contribution in [2.24, 2.45) is 5.73 Å². The monoisotopic (exact) mass is 190 g/mol.